The first-order valence-corrected chi connectivity index (χ1v) is 6.93. The second kappa shape index (κ2) is 4.64. The molecule has 2 aromatic rings. The van der Waals surface area contributed by atoms with Gasteiger partial charge in [0.2, 0.25) is 0 Å². The zero-order valence-corrected chi connectivity index (χ0v) is 11.3. The molecule has 2 atom stereocenters. The van der Waals surface area contributed by atoms with Crippen LogP contribution in [0.5, 0.6) is 5.75 Å². The molecular formula is C17H13N3O. The molecule has 0 aromatic heterocycles. The number of hydrogen-bond donors (Lipinski definition) is 0. The van der Waals surface area contributed by atoms with E-state index < -0.39 is 0 Å². The third-order valence-corrected chi connectivity index (χ3v) is 3.95. The van der Waals surface area contributed by atoms with E-state index in [-0.39, 0.29) is 12.0 Å². The Morgan fingerprint density at radius 3 is 2.67 bits per heavy atom. The normalized spacial score (nSPS) is 22.6. The number of fused-ring (bicyclic) bond motifs is 3. The molecule has 2 aliphatic rings. The molecule has 4 nitrogen and oxygen atoms in total. The van der Waals surface area contributed by atoms with Crippen molar-refractivity contribution >= 4 is 11.4 Å². The molecule has 21 heavy (non-hydrogen) atoms. The predicted molar refractivity (Wildman–Crippen MR) is 80.3 cm³/mol. The molecule has 0 amide bonds. The minimum atomic E-state index is -0.323. The molecule has 0 saturated carbocycles. The zero-order chi connectivity index (χ0) is 14.2. The van der Waals surface area contributed by atoms with E-state index in [9.17, 15) is 5.26 Å². The highest BCUT2D eigenvalue weighted by molar-refractivity contribution is 6.08. The summed E-state index contributed by atoms with van der Waals surface area (Å²) in [5.41, 5.74) is 2.88. The van der Waals surface area contributed by atoms with Crippen molar-refractivity contribution in [2.75, 3.05) is 11.6 Å². The Hall–Kier alpha value is -2.80. The van der Waals surface area contributed by atoms with Crippen molar-refractivity contribution in [3.8, 4) is 11.8 Å². The fourth-order valence-electron chi connectivity index (χ4n) is 2.92. The average Bonchev–Trinajstić information content (AvgIpc) is 2.94. The van der Waals surface area contributed by atoms with Gasteiger partial charge in [-0.3, -0.25) is 0 Å². The maximum absolute atomic E-state index is 9.56. The minimum Gasteiger partial charge on any atom is -0.492 e. The van der Waals surface area contributed by atoms with Crippen molar-refractivity contribution < 1.29 is 4.74 Å². The molecule has 0 spiro atoms. The number of para-hydroxylation sites is 2. The lowest BCUT2D eigenvalue weighted by Gasteiger charge is -2.25. The van der Waals surface area contributed by atoms with Crippen LogP contribution in [0, 0.1) is 17.2 Å². The molecule has 2 heterocycles. The summed E-state index contributed by atoms with van der Waals surface area (Å²) in [5, 5.41) is 16.1. The smallest absolute Gasteiger partial charge is 0.150 e. The number of hydrazone groups is 1. The Morgan fingerprint density at radius 1 is 1.10 bits per heavy atom. The molecule has 0 radical (unpaired) electrons. The van der Waals surface area contributed by atoms with Crippen LogP contribution in [-0.2, 0) is 0 Å². The van der Waals surface area contributed by atoms with Crippen LogP contribution < -0.4 is 9.75 Å². The summed E-state index contributed by atoms with van der Waals surface area (Å²) in [6.07, 6.45) is 0. The number of hydrogen-bond acceptors (Lipinski definition) is 4. The molecule has 0 aliphatic carbocycles. The van der Waals surface area contributed by atoms with Gasteiger partial charge in [-0.05, 0) is 24.3 Å². The van der Waals surface area contributed by atoms with Crippen LogP contribution in [-0.4, -0.2) is 18.4 Å². The molecule has 102 valence electrons. The second-order valence-corrected chi connectivity index (χ2v) is 5.15. The fourth-order valence-corrected chi connectivity index (χ4v) is 2.92. The third kappa shape index (κ3) is 1.78. The van der Waals surface area contributed by atoms with Crippen molar-refractivity contribution in [1.29, 1.82) is 5.26 Å². The Morgan fingerprint density at radius 2 is 1.86 bits per heavy atom. The fraction of sp³-hybridized carbons (Fsp3) is 0.176. The SMILES string of the molecule is N#CC1C2COc3ccccc3C2=NN1c1ccccc1. The number of ether oxygens (including phenoxy) is 1. The largest absolute Gasteiger partial charge is 0.492 e. The third-order valence-electron chi connectivity index (χ3n) is 3.95. The van der Waals surface area contributed by atoms with Crippen LogP contribution in [0.1, 0.15) is 5.56 Å². The molecule has 0 saturated heterocycles. The number of nitrogens with zero attached hydrogens (tertiary/aromatic N) is 3. The van der Waals surface area contributed by atoms with Gasteiger partial charge in [0.25, 0.3) is 0 Å². The standard InChI is InChI=1S/C17H13N3O/c18-10-15-14-11-21-16-9-5-4-8-13(16)17(14)19-20(15)12-6-2-1-3-7-12/h1-9,14-15H,11H2. The van der Waals surface area contributed by atoms with E-state index in [0.29, 0.717) is 6.61 Å². The van der Waals surface area contributed by atoms with Crippen molar-refractivity contribution in [2.45, 2.75) is 6.04 Å². The van der Waals surface area contributed by atoms with Crippen molar-refractivity contribution in [3.05, 3.63) is 60.2 Å². The maximum Gasteiger partial charge on any atom is 0.150 e. The van der Waals surface area contributed by atoms with E-state index in [1.54, 1.807) is 0 Å². The van der Waals surface area contributed by atoms with Gasteiger partial charge in [0, 0.05) is 5.56 Å². The summed E-state index contributed by atoms with van der Waals surface area (Å²) in [6.45, 7) is 0.497. The molecule has 2 aliphatic heterocycles. The van der Waals surface area contributed by atoms with Gasteiger partial charge in [-0.15, -0.1) is 0 Å². The van der Waals surface area contributed by atoms with Crippen molar-refractivity contribution in [3.63, 3.8) is 0 Å². The quantitative estimate of drug-likeness (QED) is 0.804. The maximum atomic E-state index is 9.56. The first-order valence-electron chi connectivity index (χ1n) is 6.93. The van der Waals surface area contributed by atoms with Gasteiger partial charge in [0.1, 0.15) is 5.75 Å². The van der Waals surface area contributed by atoms with E-state index in [0.717, 1.165) is 22.7 Å². The first-order chi connectivity index (χ1) is 10.4. The molecule has 2 aromatic carbocycles. The van der Waals surface area contributed by atoms with Gasteiger partial charge in [-0.2, -0.15) is 10.4 Å². The molecule has 2 unspecified atom stereocenters. The summed E-state index contributed by atoms with van der Waals surface area (Å²) in [6, 6.07) is 19.7. The Kier molecular flexibility index (Phi) is 2.65. The summed E-state index contributed by atoms with van der Waals surface area (Å²) in [5.74, 6) is 0.837. The monoisotopic (exact) mass is 275 g/mol. The average molecular weight is 275 g/mol. The lowest BCUT2D eigenvalue weighted by Crippen LogP contribution is -2.37. The lowest BCUT2D eigenvalue weighted by atomic mass is 9.90. The van der Waals surface area contributed by atoms with Gasteiger partial charge in [-0.1, -0.05) is 30.3 Å². The zero-order valence-electron chi connectivity index (χ0n) is 11.3. The van der Waals surface area contributed by atoms with E-state index in [2.05, 4.69) is 6.07 Å². The van der Waals surface area contributed by atoms with E-state index in [1.165, 1.54) is 0 Å². The highest BCUT2D eigenvalue weighted by Crippen LogP contribution is 2.36. The van der Waals surface area contributed by atoms with Gasteiger partial charge in [-0.25, -0.2) is 5.01 Å². The van der Waals surface area contributed by atoms with Gasteiger partial charge >= 0.3 is 0 Å². The number of anilines is 1. The predicted octanol–water partition coefficient (Wildman–Crippen LogP) is 2.81. The Bertz CT molecular complexity index is 748. The number of nitriles is 1. The van der Waals surface area contributed by atoms with E-state index in [4.69, 9.17) is 9.84 Å². The van der Waals surface area contributed by atoms with Crippen LogP contribution >= 0.6 is 0 Å². The summed E-state index contributed by atoms with van der Waals surface area (Å²) in [7, 11) is 0. The molecule has 4 rings (SSSR count). The molecule has 0 fully saturated rings. The van der Waals surface area contributed by atoms with Crippen LogP contribution in [0.4, 0.5) is 5.69 Å². The molecule has 0 N–H and O–H groups in total. The molecular weight excluding hydrogens is 262 g/mol. The Labute approximate surface area is 122 Å². The van der Waals surface area contributed by atoms with Crippen molar-refractivity contribution in [2.24, 2.45) is 11.0 Å². The minimum absolute atomic E-state index is 0.00916. The number of rotatable bonds is 1. The highest BCUT2D eigenvalue weighted by Gasteiger charge is 2.42. The number of benzene rings is 2. The van der Waals surface area contributed by atoms with Crippen LogP contribution in [0.2, 0.25) is 0 Å². The van der Waals surface area contributed by atoms with Crippen LogP contribution in [0.3, 0.4) is 0 Å². The van der Waals surface area contributed by atoms with E-state index in [1.807, 2.05) is 59.6 Å². The van der Waals surface area contributed by atoms with Crippen molar-refractivity contribution in [1.82, 2.24) is 0 Å². The van der Waals surface area contributed by atoms with E-state index >= 15 is 0 Å². The van der Waals surface area contributed by atoms with Gasteiger partial charge in [0.05, 0.1) is 30.0 Å². The summed E-state index contributed by atoms with van der Waals surface area (Å²) in [4.78, 5) is 0. The lowest BCUT2D eigenvalue weighted by molar-refractivity contribution is 0.270. The van der Waals surface area contributed by atoms with Crippen LogP contribution in [0.25, 0.3) is 0 Å². The van der Waals surface area contributed by atoms with Crippen LogP contribution in [0.15, 0.2) is 59.7 Å². The topological polar surface area (TPSA) is 48.6 Å². The summed E-state index contributed by atoms with van der Waals surface area (Å²) >= 11 is 0. The second-order valence-electron chi connectivity index (χ2n) is 5.15. The molecule has 0 bridgehead atoms. The highest BCUT2D eigenvalue weighted by atomic mass is 16.5. The molecule has 4 heteroatoms. The van der Waals surface area contributed by atoms with Gasteiger partial charge in [0.15, 0.2) is 6.04 Å². The summed E-state index contributed by atoms with van der Waals surface area (Å²) < 4.78 is 5.80. The first kappa shape index (κ1) is 12.0. The Balaban J connectivity index is 1.82. The van der Waals surface area contributed by atoms with Gasteiger partial charge < -0.3 is 4.74 Å².